The van der Waals surface area contributed by atoms with E-state index in [2.05, 4.69) is 67.2 Å². The van der Waals surface area contributed by atoms with Crippen LogP contribution in [0, 0.1) is 0 Å². The molecule has 2 aromatic carbocycles. The van der Waals surface area contributed by atoms with Gasteiger partial charge in [-0.3, -0.25) is 4.67 Å². The van der Waals surface area contributed by atoms with Crippen molar-refractivity contribution in [1.29, 1.82) is 0 Å². The smallest absolute Gasteiger partial charge is 0.138 e. The SMILES string of the molecule is C[C@@H]1[C@H](c2ccccc2)O[P@](c2ccccc2)N1C.[B]. The lowest BCUT2D eigenvalue weighted by Crippen LogP contribution is -2.24. The van der Waals surface area contributed by atoms with Gasteiger partial charge in [0.1, 0.15) is 14.4 Å². The van der Waals surface area contributed by atoms with Crippen LogP contribution in [-0.4, -0.2) is 26.2 Å². The van der Waals surface area contributed by atoms with Crippen molar-refractivity contribution < 1.29 is 4.52 Å². The number of benzene rings is 2. The summed E-state index contributed by atoms with van der Waals surface area (Å²) in [5.41, 5.74) is 1.27. The van der Waals surface area contributed by atoms with E-state index in [1.807, 2.05) is 12.1 Å². The summed E-state index contributed by atoms with van der Waals surface area (Å²) >= 11 is 0. The Kier molecular flexibility index (Phi) is 4.98. The van der Waals surface area contributed by atoms with Gasteiger partial charge in [0.05, 0.1) is 0 Å². The van der Waals surface area contributed by atoms with Crippen molar-refractivity contribution >= 4 is 22.0 Å². The molecule has 1 aliphatic heterocycles. The highest BCUT2D eigenvalue weighted by Gasteiger charge is 2.39. The summed E-state index contributed by atoms with van der Waals surface area (Å²) in [6.07, 6.45) is 0.164. The van der Waals surface area contributed by atoms with E-state index in [0.29, 0.717) is 6.04 Å². The lowest BCUT2D eigenvalue weighted by Gasteiger charge is -2.20. The Morgan fingerprint density at radius 3 is 2.10 bits per heavy atom. The predicted octanol–water partition coefficient (Wildman–Crippen LogP) is 3.33. The molecule has 3 radical (unpaired) electrons. The Morgan fingerprint density at radius 2 is 1.50 bits per heavy atom. The predicted molar refractivity (Wildman–Crippen MR) is 86.2 cm³/mol. The minimum atomic E-state index is -0.670. The molecule has 1 heterocycles. The molecule has 0 saturated carbocycles. The van der Waals surface area contributed by atoms with Crippen LogP contribution < -0.4 is 5.30 Å². The highest BCUT2D eigenvalue weighted by atomic mass is 31.2. The maximum absolute atomic E-state index is 6.35. The zero-order valence-electron chi connectivity index (χ0n) is 11.8. The van der Waals surface area contributed by atoms with Crippen LogP contribution in [0.2, 0.25) is 0 Å². The summed E-state index contributed by atoms with van der Waals surface area (Å²) in [5, 5.41) is 1.28. The van der Waals surface area contributed by atoms with Crippen LogP contribution in [0.3, 0.4) is 0 Å². The van der Waals surface area contributed by atoms with Crippen molar-refractivity contribution in [1.82, 2.24) is 4.67 Å². The van der Waals surface area contributed by atoms with Crippen molar-refractivity contribution in [2.45, 2.75) is 19.1 Å². The number of hydrogen-bond donors (Lipinski definition) is 0. The molecule has 4 heteroatoms. The van der Waals surface area contributed by atoms with Gasteiger partial charge in [-0.2, -0.15) is 0 Å². The molecule has 3 atom stereocenters. The third-order valence-corrected chi connectivity index (χ3v) is 5.74. The van der Waals surface area contributed by atoms with Crippen LogP contribution in [0.5, 0.6) is 0 Å². The van der Waals surface area contributed by atoms with Gasteiger partial charge in [0.2, 0.25) is 0 Å². The second kappa shape index (κ2) is 6.54. The molecule has 101 valence electrons. The Morgan fingerprint density at radius 1 is 0.950 bits per heavy atom. The molecule has 1 saturated heterocycles. The van der Waals surface area contributed by atoms with Gasteiger partial charge >= 0.3 is 0 Å². The fourth-order valence-corrected chi connectivity index (χ4v) is 4.44. The fraction of sp³-hybridized carbons (Fsp3) is 0.250. The standard InChI is InChI=1S/C16H18NOP.B/c1-13-16(14-9-5-3-6-10-14)18-19(17(13)2)15-11-7-4-8-12-15;/h3-13,16H,1-2H3;/t13-,16-,19-;/m1./s1. The number of hydrogen-bond acceptors (Lipinski definition) is 2. The summed E-state index contributed by atoms with van der Waals surface area (Å²) in [5.74, 6) is 0. The van der Waals surface area contributed by atoms with Crippen molar-refractivity contribution in [3.05, 3.63) is 66.2 Å². The van der Waals surface area contributed by atoms with Crippen molar-refractivity contribution in [3.63, 3.8) is 0 Å². The van der Waals surface area contributed by atoms with Crippen molar-refractivity contribution in [2.24, 2.45) is 0 Å². The molecule has 0 aromatic heterocycles. The topological polar surface area (TPSA) is 12.5 Å². The first-order chi connectivity index (χ1) is 9.27. The summed E-state index contributed by atoms with van der Waals surface area (Å²) in [4.78, 5) is 0. The van der Waals surface area contributed by atoms with E-state index in [4.69, 9.17) is 4.52 Å². The van der Waals surface area contributed by atoms with Crippen LogP contribution in [0.1, 0.15) is 18.6 Å². The molecule has 1 aliphatic rings. The number of likely N-dealkylation sites (N-methyl/N-ethyl adjacent to an activating group) is 1. The van der Waals surface area contributed by atoms with E-state index < -0.39 is 8.30 Å². The van der Waals surface area contributed by atoms with Crippen molar-refractivity contribution in [3.8, 4) is 0 Å². The third-order valence-electron chi connectivity index (χ3n) is 3.63. The quantitative estimate of drug-likeness (QED) is 0.618. The molecule has 20 heavy (non-hydrogen) atoms. The molecule has 3 rings (SSSR count). The molecule has 0 unspecified atom stereocenters. The highest BCUT2D eigenvalue weighted by Crippen LogP contribution is 2.54. The van der Waals surface area contributed by atoms with E-state index in [1.54, 1.807) is 0 Å². The minimum Gasteiger partial charge on any atom is -0.330 e. The molecule has 2 aromatic rings. The van der Waals surface area contributed by atoms with Crippen LogP contribution in [0.4, 0.5) is 0 Å². The monoisotopic (exact) mass is 282 g/mol. The Bertz CT molecular complexity index is 487. The lowest BCUT2D eigenvalue weighted by atomic mass is 10.0. The van der Waals surface area contributed by atoms with Crippen LogP contribution in [-0.2, 0) is 4.52 Å². The molecule has 1 fully saturated rings. The van der Waals surface area contributed by atoms with E-state index in [-0.39, 0.29) is 14.5 Å². The third kappa shape index (κ3) is 2.81. The normalized spacial score (nSPS) is 26.2. The molecule has 0 aliphatic carbocycles. The van der Waals surface area contributed by atoms with E-state index >= 15 is 0 Å². The van der Waals surface area contributed by atoms with Gasteiger partial charge in [-0.1, -0.05) is 60.7 Å². The van der Waals surface area contributed by atoms with Crippen LogP contribution >= 0.6 is 8.30 Å². The largest absolute Gasteiger partial charge is 0.330 e. The van der Waals surface area contributed by atoms with Crippen LogP contribution in [0.25, 0.3) is 0 Å². The maximum atomic E-state index is 6.35. The van der Waals surface area contributed by atoms with E-state index in [1.165, 1.54) is 10.9 Å². The first-order valence-electron chi connectivity index (χ1n) is 6.57. The maximum Gasteiger partial charge on any atom is 0.138 e. The summed E-state index contributed by atoms with van der Waals surface area (Å²) in [6.45, 7) is 2.24. The summed E-state index contributed by atoms with van der Waals surface area (Å²) < 4.78 is 8.71. The fourth-order valence-electron chi connectivity index (χ4n) is 2.41. The molecular weight excluding hydrogens is 264 g/mol. The van der Waals surface area contributed by atoms with Gasteiger partial charge < -0.3 is 4.52 Å². The second-order valence-corrected chi connectivity index (χ2v) is 6.76. The van der Waals surface area contributed by atoms with Crippen LogP contribution in [0.15, 0.2) is 60.7 Å². The van der Waals surface area contributed by atoms with Gasteiger partial charge in [-0.25, -0.2) is 0 Å². The minimum absolute atomic E-state index is 0. The molecule has 0 spiro atoms. The average molecular weight is 282 g/mol. The van der Waals surface area contributed by atoms with Gasteiger partial charge in [0.25, 0.3) is 0 Å². The summed E-state index contributed by atoms with van der Waals surface area (Å²) in [7, 11) is 1.49. The molecule has 0 bridgehead atoms. The van der Waals surface area contributed by atoms with Gasteiger partial charge in [0.15, 0.2) is 0 Å². The zero-order chi connectivity index (χ0) is 13.2. The molecule has 0 amide bonds. The number of rotatable bonds is 2. The lowest BCUT2D eigenvalue weighted by molar-refractivity contribution is 0.218. The molecular formula is C16H18BNOP. The van der Waals surface area contributed by atoms with E-state index in [9.17, 15) is 0 Å². The Balaban J connectivity index is 0.00000147. The first-order valence-corrected chi connectivity index (χ1v) is 7.78. The zero-order valence-corrected chi connectivity index (χ0v) is 12.7. The van der Waals surface area contributed by atoms with Gasteiger partial charge in [-0.15, -0.1) is 0 Å². The van der Waals surface area contributed by atoms with Crippen molar-refractivity contribution in [2.75, 3.05) is 7.05 Å². The molecule has 2 nitrogen and oxygen atoms in total. The molecule has 0 N–H and O–H groups in total. The van der Waals surface area contributed by atoms with E-state index in [0.717, 1.165) is 0 Å². The van der Waals surface area contributed by atoms with Gasteiger partial charge in [0, 0.05) is 19.8 Å². The van der Waals surface area contributed by atoms with Gasteiger partial charge in [-0.05, 0) is 19.5 Å². The highest BCUT2D eigenvalue weighted by molar-refractivity contribution is 7.58. The first kappa shape index (κ1) is 15.2. The Labute approximate surface area is 124 Å². The number of nitrogens with zero attached hydrogens (tertiary/aromatic N) is 1. The average Bonchev–Trinajstić information content (AvgIpc) is 2.77. The second-order valence-electron chi connectivity index (χ2n) is 4.86. The Hall–Kier alpha value is -1.15. The summed E-state index contributed by atoms with van der Waals surface area (Å²) in [6, 6.07) is 21.4.